The van der Waals surface area contributed by atoms with Crippen LogP contribution in [-0.4, -0.2) is 37.1 Å². The molecule has 25 heavy (non-hydrogen) atoms. The predicted octanol–water partition coefficient (Wildman–Crippen LogP) is 3.30. The van der Waals surface area contributed by atoms with Gasteiger partial charge < -0.3 is 14.4 Å². The lowest BCUT2D eigenvalue weighted by molar-refractivity contribution is 0.187. The van der Waals surface area contributed by atoms with E-state index in [1.807, 2.05) is 6.07 Å². The van der Waals surface area contributed by atoms with Gasteiger partial charge in [-0.25, -0.2) is 9.37 Å². The van der Waals surface area contributed by atoms with Crippen molar-refractivity contribution in [1.82, 2.24) is 19.7 Å². The van der Waals surface area contributed by atoms with Crippen LogP contribution in [0.1, 0.15) is 19.3 Å². The molecule has 0 spiro atoms. The Hall–Kier alpha value is -2.96. The summed E-state index contributed by atoms with van der Waals surface area (Å²) in [7, 11) is 0. The molecule has 0 aliphatic heterocycles. The van der Waals surface area contributed by atoms with Crippen LogP contribution in [0.2, 0.25) is 0 Å². The van der Waals surface area contributed by atoms with Crippen LogP contribution in [0.25, 0.3) is 16.9 Å². The van der Waals surface area contributed by atoms with Gasteiger partial charge in [-0.1, -0.05) is 0 Å². The van der Waals surface area contributed by atoms with E-state index < -0.39 is 6.17 Å². The number of nitrogens with zero attached hydrogens (tertiary/aromatic N) is 4. The van der Waals surface area contributed by atoms with Crippen molar-refractivity contribution in [1.29, 1.82) is 0 Å². The Morgan fingerprint density at radius 1 is 1.16 bits per heavy atom. The maximum atomic E-state index is 13.2. The van der Waals surface area contributed by atoms with Crippen molar-refractivity contribution in [2.75, 3.05) is 0 Å². The van der Waals surface area contributed by atoms with E-state index in [0.29, 0.717) is 36.4 Å². The van der Waals surface area contributed by atoms with Crippen LogP contribution in [0.15, 0.2) is 49.1 Å². The van der Waals surface area contributed by atoms with Gasteiger partial charge in [0.1, 0.15) is 18.0 Å². The number of hydrogen-bond acceptors (Lipinski definition) is 5. The van der Waals surface area contributed by atoms with Gasteiger partial charge in [0.25, 0.3) is 0 Å². The van der Waals surface area contributed by atoms with Crippen molar-refractivity contribution >= 4 is 0 Å². The molecule has 1 aliphatic rings. The second kappa shape index (κ2) is 6.51. The number of benzene rings is 1. The molecule has 7 heteroatoms. The molecule has 4 rings (SSSR count). The highest BCUT2D eigenvalue weighted by Gasteiger charge is 2.26. The van der Waals surface area contributed by atoms with Gasteiger partial charge in [-0.2, -0.15) is 0 Å². The van der Waals surface area contributed by atoms with Crippen LogP contribution in [0.4, 0.5) is 4.39 Å². The molecule has 2 heterocycles. The molecule has 1 N–H and O–H groups in total. The third kappa shape index (κ3) is 3.31. The molecular weight excluding hydrogens is 323 g/mol. The van der Waals surface area contributed by atoms with Crippen molar-refractivity contribution in [2.24, 2.45) is 0 Å². The van der Waals surface area contributed by atoms with Gasteiger partial charge in [0.2, 0.25) is 5.88 Å². The van der Waals surface area contributed by atoms with Gasteiger partial charge in [0.05, 0.1) is 17.7 Å². The Labute approximate surface area is 143 Å². The van der Waals surface area contributed by atoms with Crippen LogP contribution in [0, 0.1) is 0 Å². The summed E-state index contributed by atoms with van der Waals surface area (Å²) < 4.78 is 20.6. The van der Waals surface area contributed by atoms with E-state index >= 15 is 0 Å². The Morgan fingerprint density at radius 3 is 2.72 bits per heavy atom. The van der Waals surface area contributed by atoms with Gasteiger partial charge in [0.15, 0.2) is 0 Å². The van der Waals surface area contributed by atoms with Crippen molar-refractivity contribution in [3.63, 3.8) is 0 Å². The molecule has 1 aromatic carbocycles. The first-order chi connectivity index (χ1) is 12.2. The van der Waals surface area contributed by atoms with Crippen LogP contribution in [-0.2, 0) is 0 Å². The van der Waals surface area contributed by atoms with Gasteiger partial charge in [-0.3, -0.25) is 0 Å². The van der Waals surface area contributed by atoms with Crippen molar-refractivity contribution in [3.05, 3.63) is 49.1 Å². The van der Waals surface area contributed by atoms with Gasteiger partial charge in [0, 0.05) is 36.5 Å². The monoisotopic (exact) mass is 340 g/mol. The highest BCUT2D eigenvalue weighted by Crippen LogP contribution is 2.31. The van der Waals surface area contributed by atoms with E-state index in [9.17, 15) is 9.50 Å². The van der Waals surface area contributed by atoms with Crippen LogP contribution in [0.5, 0.6) is 11.6 Å². The van der Waals surface area contributed by atoms with Gasteiger partial charge in [-0.05, 0) is 31.0 Å². The molecule has 0 saturated heterocycles. The van der Waals surface area contributed by atoms with E-state index in [0.717, 1.165) is 5.69 Å². The number of phenols is 1. The second-order valence-corrected chi connectivity index (χ2v) is 6.08. The zero-order chi connectivity index (χ0) is 17.2. The third-order valence-electron chi connectivity index (χ3n) is 4.31. The number of hydrogen-bond donors (Lipinski definition) is 1. The lowest BCUT2D eigenvalue weighted by Crippen LogP contribution is -2.13. The molecule has 2 aromatic heterocycles. The first-order valence-electron chi connectivity index (χ1n) is 8.15. The average molecular weight is 340 g/mol. The molecule has 1 aliphatic carbocycles. The number of aromatic nitrogens is 4. The quantitative estimate of drug-likeness (QED) is 0.789. The zero-order valence-electron chi connectivity index (χ0n) is 13.4. The highest BCUT2D eigenvalue weighted by molar-refractivity contribution is 5.68. The minimum atomic E-state index is -0.789. The van der Waals surface area contributed by atoms with Crippen molar-refractivity contribution in [2.45, 2.75) is 31.5 Å². The van der Waals surface area contributed by atoms with Crippen molar-refractivity contribution < 1.29 is 14.2 Å². The Kier molecular flexibility index (Phi) is 4.05. The number of rotatable bonds is 4. The first kappa shape index (κ1) is 15.6. The Morgan fingerprint density at radius 2 is 2.08 bits per heavy atom. The summed E-state index contributed by atoms with van der Waals surface area (Å²) in [5, 5.41) is 18.4. The molecule has 0 unspecified atom stereocenters. The standard InChI is InChI=1S/C18H17FN4O2/c19-12-1-3-14(9-12)25-18-6-5-16(21-22-18)15-4-2-13(10-17(15)24)23-8-7-20-11-23/h2,4-8,10-12,14,24H,1,3,9H2/t12-,14-/m0/s1. The Balaban J connectivity index is 1.52. The number of ether oxygens (including phenoxy) is 1. The van der Waals surface area contributed by atoms with Crippen molar-refractivity contribution in [3.8, 4) is 28.6 Å². The van der Waals surface area contributed by atoms with Gasteiger partial charge >= 0.3 is 0 Å². The van der Waals surface area contributed by atoms with E-state index in [-0.39, 0.29) is 11.9 Å². The fraction of sp³-hybridized carbons (Fsp3) is 0.278. The average Bonchev–Trinajstić information content (AvgIpc) is 3.28. The van der Waals surface area contributed by atoms with E-state index in [2.05, 4.69) is 15.2 Å². The number of aromatic hydroxyl groups is 1. The summed E-state index contributed by atoms with van der Waals surface area (Å²) in [5.41, 5.74) is 1.91. The number of imidazole rings is 1. The summed E-state index contributed by atoms with van der Waals surface area (Å²) in [5.74, 6) is 0.475. The van der Waals surface area contributed by atoms with Gasteiger partial charge in [-0.15, -0.1) is 10.2 Å². The van der Waals surface area contributed by atoms with Crippen LogP contribution >= 0.6 is 0 Å². The lowest BCUT2D eigenvalue weighted by Gasteiger charge is -2.12. The minimum absolute atomic E-state index is 0.102. The van der Waals surface area contributed by atoms with Crippen LogP contribution < -0.4 is 4.74 Å². The number of phenolic OH excluding ortho intramolecular Hbond substituents is 1. The third-order valence-corrected chi connectivity index (χ3v) is 4.31. The topological polar surface area (TPSA) is 73.1 Å². The molecule has 3 aromatic rings. The molecule has 0 bridgehead atoms. The second-order valence-electron chi connectivity index (χ2n) is 6.08. The first-order valence-corrected chi connectivity index (χ1v) is 8.15. The molecule has 6 nitrogen and oxygen atoms in total. The largest absolute Gasteiger partial charge is 0.507 e. The maximum Gasteiger partial charge on any atom is 0.233 e. The summed E-state index contributed by atoms with van der Waals surface area (Å²) >= 11 is 0. The maximum absolute atomic E-state index is 13.2. The molecule has 1 saturated carbocycles. The molecule has 0 amide bonds. The predicted molar refractivity (Wildman–Crippen MR) is 89.4 cm³/mol. The summed E-state index contributed by atoms with van der Waals surface area (Å²) in [6.45, 7) is 0. The summed E-state index contributed by atoms with van der Waals surface area (Å²) in [6, 6.07) is 8.71. The smallest absolute Gasteiger partial charge is 0.233 e. The van der Waals surface area contributed by atoms with E-state index in [4.69, 9.17) is 4.74 Å². The summed E-state index contributed by atoms with van der Waals surface area (Å²) in [4.78, 5) is 3.99. The minimum Gasteiger partial charge on any atom is -0.507 e. The summed E-state index contributed by atoms with van der Waals surface area (Å²) in [6.07, 6.45) is 5.83. The van der Waals surface area contributed by atoms with E-state index in [1.54, 1.807) is 47.6 Å². The van der Waals surface area contributed by atoms with E-state index in [1.165, 1.54) is 0 Å². The Bertz CT molecular complexity index is 852. The molecular formula is C18H17FN4O2. The molecule has 1 fully saturated rings. The molecule has 128 valence electrons. The highest BCUT2D eigenvalue weighted by atomic mass is 19.1. The number of halogens is 1. The number of alkyl halides is 1. The molecule has 0 radical (unpaired) electrons. The fourth-order valence-electron chi connectivity index (χ4n) is 3.00. The molecule has 2 atom stereocenters. The normalized spacial score (nSPS) is 19.9. The fourth-order valence-corrected chi connectivity index (χ4v) is 3.00. The SMILES string of the molecule is Oc1cc(-n2ccnc2)ccc1-c1ccc(O[C@H]2CC[C@H](F)C2)nn1. The van der Waals surface area contributed by atoms with Crippen LogP contribution in [0.3, 0.4) is 0 Å². The lowest BCUT2D eigenvalue weighted by atomic mass is 10.1. The zero-order valence-corrected chi connectivity index (χ0v) is 13.4.